The molecule has 0 aliphatic carbocycles. The standard InChI is InChI=1S/C14H11FIN3O3S/c1-7-5-18-11(20)6-23-14(18)13(19(21)22)12(7)17-10-3-2-8(16)4-9(10)15/h2-4,17H,5-6H2,1H3. The van der Waals surface area contributed by atoms with Crippen LogP contribution in [0.3, 0.4) is 0 Å². The Morgan fingerprint density at radius 3 is 2.87 bits per heavy atom. The third-order valence-corrected chi connectivity index (χ3v) is 5.26. The minimum absolute atomic E-state index is 0.150. The molecular formula is C14H11FIN3O3S. The number of anilines is 1. The van der Waals surface area contributed by atoms with E-state index in [1.165, 1.54) is 11.0 Å². The van der Waals surface area contributed by atoms with Gasteiger partial charge in [-0.05, 0) is 53.3 Å². The summed E-state index contributed by atoms with van der Waals surface area (Å²) in [6.07, 6.45) is 0. The molecule has 2 aliphatic heterocycles. The van der Waals surface area contributed by atoms with Gasteiger partial charge in [0.05, 0.1) is 16.4 Å². The van der Waals surface area contributed by atoms with Crippen LogP contribution in [0.5, 0.6) is 0 Å². The first-order valence-corrected chi connectivity index (χ1v) is 8.69. The molecule has 0 aromatic heterocycles. The second kappa shape index (κ2) is 6.11. The molecular weight excluding hydrogens is 436 g/mol. The summed E-state index contributed by atoms with van der Waals surface area (Å²) in [4.78, 5) is 24.2. The third-order valence-electron chi connectivity index (χ3n) is 3.51. The van der Waals surface area contributed by atoms with Crippen LogP contribution < -0.4 is 5.32 Å². The van der Waals surface area contributed by atoms with Crippen LogP contribution in [0.4, 0.5) is 10.1 Å². The molecule has 120 valence electrons. The van der Waals surface area contributed by atoms with Crippen molar-refractivity contribution in [3.8, 4) is 0 Å². The number of nitrogens with one attached hydrogen (secondary N) is 1. The molecule has 1 saturated heterocycles. The van der Waals surface area contributed by atoms with E-state index in [9.17, 15) is 19.3 Å². The molecule has 1 aromatic rings. The van der Waals surface area contributed by atoms with Gasteiger partial charge in [-0.25, -0.2) is 4.39 Å². The topological polar surface area (TPSA) is 75.5 Å². The molecule has 6 nitrogen and oxygen atoms in total. The quantitative estimate of drug-likeness (QED) is 0.438. The smallest absolute Gasteiger partial charge is 0.322 e. The molecule has 2 aliphatic rings. The Kier molecular flexibility index (Phi) is 4.32. The number of amides is 1. The number of rotatable bonds is 3. The first-order chi connectivity index (χ1) is 10.9. The van der Waals surface area contributed by atoms with Crippen molar-refractivity contribution in [1.29, 1.82) is 0 Å². The van der Waals surface area contributed by atoms with E-state index < -0.39 is 10.7 Å². The monoisotopic (exact) mass is 447 g/mol. The Morgan fingerprint density at radius 2 is 2.22 bits per heavy atom. The minimum atomic E-state index is -0.524. The SMILES string of the molecule is CC1=C(Nc2ccc(I)cc2F)C([N+](=O)[O-])=C2SCC(=O)N2C1. The van der Waals surface area contributed by atoms with Crippen LogP contribution in [0.15, 0.2) is 40.2 Å². The van der Waals surface area contributed by atoms with Crippen LogP contribution in [0.1, 0.15) is 6.92 Å². The molecule has 0 bridgehead atoms. The summed E-state index contributed by atoms with van der Waals surface area (Å²) in [6, 6.07) is 4.60. The van der Waals surface area contributed by atoms with Crippen LogP contribution in [-0.2, 0) is 4.79 Å². The molecule has 0 unspecified atom stereocenters. The molecule has 0 atom stereocenters. The van der Waals surface area contributed by atoms with Gasteiger partial charge < -0.3 is 5.32 Å². The maximum absolute atomic E-state index is 14.0. The van der Waals surface area contributed by atoms with Gasteiger partial charge in [-0.15, -0.1) is 0 Å². The van der Waals surface area contributed by atoms with Crippen molar-refractivity contribution in [3.63, 3.8) is 0 Å². The highest BCUT2D eigenvalue weighted by Crippen LogP contribution is 2.39. The van der Waals surface area contributed by atoms with Crippen LogP contribution in [0.25, 0.3) is 0 Å². The highest BCUT2D eigenvalue weighted by molar-refractivity contribution is 14.1. The van der Waals surface area contributed by atoms with Gasteiger partial charge in [-0.3, -0.25) is 19.8 Å². The number of halogens is 2. The highest BCUT2D eigenvalue weighted by Gasteiger charge is 2.41. The van der Waals surface area contributed by atoms with Gasteiger partial charge in [0.2, 0.25) is 5.91 Å². The number of hydrogen-bond acceptors (Lipinski definition) is 5. The lowest BCUT2D eigenvalue weighted by atomic mass is 10.1. The van der Waals surface area contributed by atoms with E-state index >= 15 is 0 Å². The van der Waals surface area contributed by atoms with Crippen molar-refractivity contribution < 1.29 is 14.1 Å². The maximum Gasteiger partial charge on any atom is 0.322 e. The number of carbonyl (C=O) groups is 1. The Hall–Kier alpha value is -1.62. The van der Waals surface area contributed by atoms with E-state index in [1.807, 2.05) is 22.6 Å². The maximum atomic E-state index is 14.0. The average Bonchev–Trinajstić information content (AvgIpc) is 2.83. The fraction of sp³-hybridized carbons (Fsp3) is 0.214. The number of carbonyl (C=O) groups excluding carboxylic acids is 1. The molecule has 1 N–H and O–H groups in total. The predicted molar refractivity (Wildman–Crippen MR) is 93.6 cm³/mol. The van der Waals surface area contributed by atoms with Gasteiger partial charge in [0, 0.05) is 10.1 Å². The van der Waals surface area contributed by atoms with E-state index in [-0.39, 0.29) is 35.3 Å². The zero-order valence-electron chi connectivity index (χ0n) is 11.9. The number of fused-ring (bicyclic) bond motifs is 1. The van der Waals surface area contributed by atoms with E-state index in [1.54, 1.807) is 19.1 Å². The molecule has 1 fully saturated rings. The molecule has 0 spiro atoms. The summed E-state index contributed by atoms with van der Waals surface area (Å²) in [7, 11) is 0. The van der Waals surface area contributed by atoms with Gasteiger partial charge in [-0.1, -0.05) is 11.8 Å². The van der Waals surface area contributed by atoms with Crippen molar-refractivity contribution in [2.75, 3.05) is 17.6 Å². The molecule has 23 heavy (non-hydrogen) atoms. The van der Waals surface area contributed by atoms with Gasteiger partial charge in [0.25, 0.3) is 0 Å². The van der Waals surface area contributed by atoms with Crippen LogP contribution in [0.2, 0.25) is 0 Å². The minimum Gasteiger partial charge on any atom is -0.347 e. The fourth-order valence-corrected chi connectivity index (χ4v) is 3.95. The summed E-state index contributed by atoms with van der Waals surface area (Å²) < 4.78 is 14.8. The Bertz CT molecular complexity index is 793. The van der Waals surface area contributed by atoms with Crippen LogP contribution >= 0.6 is 34.4 Å². The Balaban J connectivity index is 2.04. The molecule has 2 heterocycles. The summed E-state index contributed by atoms with van der Waals surface area (Å²) in [5.41, 5.74) is 0.864. The second-order valence-corrected chi connectivity index (χ2v) is 7.29. The van der Waals surface area contributed by atoms with E-state index in [2.05, 4.69) is 5.32 Å². The summed E-state index contributed by atoms with van der Waals surface area (Å²) in [5, 5.41) is 14.7. The van der Waals surface area contributed by atoms with Crippen molar-refractivity contribution in [2.24, 2.45) is 0 Å². The molecule has 1 amide bonds. The lowest BCUT2D eigenvalue weighted by molar-refractivity contribution is -0.422. The number of thioether (sulfide) groups is 1. The molecule has 1 aromatic carbocycles. The van der Waals surface area contributed by atoms with E-state index in [0.717, 1.165) is 15.3 Å². The van der Waals surface area contributed by atoms with E-state index in [0.29, 0.717) is 10.6 Å². The summed E-state index contributed by atoms with van der Waals surface area (Å²) >= 11 is 3.13. The normalized spacial score (nSPS) is 17.7. The largest absolute Gasteiger partial charge is 0.347 e. The van der Waals surface area contributed by atoms with Gasteiger partial charge in [0.1, 0.15) is 11.5 Å². The third kappa shape index (κ3) is 2.94. The zero-order chi connectivity index (χ0) is 16.7. The number of nitrogens with zero attached hydrogens (tertiary/aromatic N) is 2. The predicted octanol–water partition coefficient (Wildman–Crippen LogP) is 3.15. The molecule has 0 radical (unpaired) electrons. The Labute approximate surface area is 149 Å². The van der Waals surface area contributed by atoms with Crippen LogP contribution in [0, 0.1) is 19.5 Å². The Morgan fingerprint density at radius 1 is 1.48 bits per heavy atom. The second-order valence-electron chi connectivity index (χ2n) is 5.08. The van der Waals surface area contributed by atoms with Crippen LogP contribution in [-0.4, -0.2) is 28.0 Å². The van der Waals surface area contributed by atoms with Crippen molar-refractivity contribution >= 4 is 45.9 Å². The molecule has 9 heteroatoms. The van der Waals surface area contributed by atoms with Gasteiger partial charge in [-0.2, -0.15) is 0 Å². The van der Waals surface area contributed by atoms with E-state index in [4.69, 9.17) is 0 Å². The lowest BCUT2D eigenvalue weighted by Crippen LogP contribution is -2.33. The van der Waals surface area contributed by atoms with Crippen molar-refractivity contribution in [1.82, 2.24) is 4.90 Å². The highest BCUT2D eigenvalue weighted by atomic mass is 127. The molecule has 0 saturated carbocycles. The number of nitro groups is 1. The van der Waals surface area contributed by atoms with Gasteiger partial charge in [0.15, 0.2) is 5.03 Å². The summed E-state index contributed by atoms with van der Waals surface area (Å²) in [5.74, 6) is -0.448. The number of hydrogen-bond donors (Lipinski definition) is 1. The van der Waals surface area contributed by atoms with Crippen molar-refractivity contribution in [3.05, 3.63) is 59.7 Å². The first kappa shape index (κ1) is 16.2. The zero-order valence-corrected chi connectivity index (χ0v) is 14.9. The van der Waals surface area contributed by atoms with Gasteiger partial charge >= 0.3 is 5.70 Å². The average molecular weight is 447 g/mol. The molecule has 3 rings (SSSR count). The summed E-state index contributed by atoms with van der Waals surface area (Å²) in [6.45, 7) is 1.97. The lowest BCUT2D eigenvalue weighted by Gasteiger charge is -2.25. The fourth-order valence-electron chi connectivity index (χ4n) is 2.44. The number of benzene rings is 1. The first-order valence-electron chi connectivity index (χ1n) is 6.62. The van der Waals surface area contributed by atoms with Crippen molar-refractivity contribution in [2.45, 2.75) is 6.92 Å².